The fourth-order valence-electron chi connectivity index (χ4n) is 10.4. The van der Waals surface area contributed by atoms with Crippen molar-refractivity contribution in [2.24, 2.45) is 0 Å². The number of benzene rings is 12. The minimum absolute atomic E-state index is 0.883. The summed E-state index contributed by atoms with van der Waals surface area (Å²) in [5, 5.41) is 17.1. The third-order valence-electron chi connectivity index (χ3n) is 13.0. The van der Waals surface area contributed by atoms with E-state index in [1.54, 1.807) is 0 Å². The summed E-state index contributed by atoms with van der Waals surface area (Å²) in [6.45, 7) is 0. The smallest absolute Gasteiger partial charge is 0.136 e. The third-order valence-corrected chi connectivity index (χ3v) is 13.0. The average Bonchev–Trinajstić information content (AvgIpc) is 3.70. The Balaban J connectivity index is 1.04. The Morgan fingerprint density at radius 2 is 0.607 bits per heavy atom. The zero-order valence-corrected chi connectivity index (χ0v) is 33.2. The molecule has 0 aliphatic heterocycles. The van der Waals surface area contributed by atoms with E-state index in [0.717, 1.165) is 27.5 Å². The summed E-state index contributed by atoms with van der Waals surface area (Å²) in [6.07, 6.45) is 0. The summed E-state index contributed by atoms with van der Waals surface area (Å²) in [6, 6.07) is 80.0. The molecule has 0 spiro atoms. The Kier molecular flexibility index (Phi) is 7.37. The molecule has 0 saturated carbocycles. The molecule has 0 aliphatic carbocycles. The monoisotopic (exact) mass is 772 g/mol. The zero-order valence-electron chi connectivity index (χ0n) is 33.2. The first kappa shape index (κ1) is 33.9. The summed E-state index contributed by atoms with van der Waals surface area (Å²) in [5.74, 6) is 0. The van der Waals surface area contributed by atoms with Crippen LogP contribution in [-0.4, -0.2) is 0 Å². The minimum atomic E-state index is 0.883. The van der Waals surface area contributed by atoms with Crippen LogP contribution in [-0.2, 0) is 0 Å². The second kappa shape index (κ2) is 13.3. The van der Waals surface area contributed by atoms with E-state index in [0.29, 0.717) is 0 Å². The van der Waals surface area contributed by atoms with E-state index < -0.39 is 0 Å². The Labute approximate surface area is 352 Å². The first-order valence-electron chi connectivity index (χ1n) is 21.1. The van der Waals surface area contributed by atoms with Crippen molar-refractivity contribution < 1.29 is 4.42 Å². The van der Waals surface area contributed by atoms with Gasteiger partial charge >= 0.3 is 0 Å². The van der Waals surface area contributed by atoms with Gasteiger partial charge in [0, 0.05) is 10.8 Å². The standard InChI is InChI=1S/C60H36O/c1-3-16-39-34-41(30-28-37(39)14-1)56-44-18-5-7-20-46(44)58(47-21-8-6-19-45(47)56)43-32-33-52-55(36-43)61-54-27-13-26-53(60(52)54)59-50-24-11-9-22-48(50)57(49-23-10-12-25-51(49)59)42-31-29-38-15-2-4-17-40(38)35-42/h1-36H. The molecule has 0 radical (unpaired) electrons. The maximum absolute atomic E-state index is 6.89. The zero-order chi connectivity index (χ0) is 40.0. The molecule has 1 heteroatoms. The molecule has 1 nitrogen and oxygen atoms in total. The van der Waals surface area contributed by atoms with Crippen molar-refractivity contribution in [1.82, 2.24) is 0 Å². The quantitative estimate of drug-likeness (QED) is 0.162. The van der Waals surface area contributed by atoms with Gasteiger partial charge in [-0.2, -0.15) is 0 Å². The highest BCUT2D eigenvalue weighted by atomic mass is 16.3. The van der Waals surface area contributed by atoms with Crippen LogP contribution in [0, 0.1) is 0 Å². The lowest BCUT2D eigenvalue weighted by atomic mass is 9.84. The van der Waals surface area contributed by atoms with Gasteiger partial charge in [-0.3, -0.25) is 0 Å². The van der Waals surface area contributed by atoms with Crippen molar-refractivity contribution in [2.45, 2.75) is 0 Å². The van der Waals surface area contributed by atoms with Gasteiger partial charge < -0.3 is 4.42 Å². The molecule has 0 unspecified atom stereocenters. The van der Waals surface area contributed by atoms with Gasteiger partial charge in [0.1, 0.15) is 11.2 Å². The van der Waals surface area contributed by atoms with E-state index in [9.17, 15) is 0 Å². The number of hydrogen-bond donors (Lipinski definition) is 0. The third kappa shape index (κ3) is 5.14. The molecule has 13 rings (SSSR count). The van der Waals surface area contributed by atoms with E-state index in [2.05, 4.69) is 218 Å². The molecular formula is C60H36O. The van der Waals surface area contributed by atoms with E-state index in [4.69, 9.17) is 4.42 Å². The number of furan rings is 1. The summed E-state index contributed by atoms with van der Waals surface area (Å²) in [5.41, 5.74) is 11.5. The van der Waals surface area contributed by atoms with Gasteiger partial charge in [0.05, 0.1) is 0 Å². The normalized spacial score (nSPS) is 11.9. The molecule has 0 saturated heterocycles. The average molecular weight is 773 g/mol. The van der Waals surface area contributed by atoms with Crippen LogP contribution in [0.15, 0.2) is 223 Å². The molecule has 282 valence electrons. The van der Waals surface area contributed by atoms with Crippen molar-refractivity contribution in [1.29, 1.82) is 0 Å². The Bertz CT molecular complexity index is 3830. The van der Waals surface area contributed by atoms with Gasteiger partial charge in [0.25, 0.3) is 0 Å². The molecule has 0 amide bonds. The second-order valence-electron chi connectivity index (χ2n) is 16.3. The lowest BCUT2D eigenvalue weighted by Crippen LogP contribution is -1.91. The SMILES string of the molecule is c1ccc2cc(-c3c4ccccc4c(-c4ccc5c(c4)oc4cccc(-c6c7ccccc7c(-c7ccc8ccccc8c7)c7ccccc67)c45)c4ccccc34)ccc2c1. The Morgan fingerprint density at radius 1 is 0.230 bits per heavy atom. The molecule has 61 heavy (non-hydrogen) atoms. The van der Waals surface area contributed by atoms with Crippen LogP contribution in [0.1, 0.15) is 0 Å². The van der Waals surface area contributed by atoms with Crippen molar-refractivity contribution in [2.75, 3.05) is 0 Å². The van der Waals surface area contributed by atoms with Gasteiger partial charge in [-0.15, -0.1) is 0 Å². The van der Waals surface area contributed by atoms with Crippen LogP contribution in [0.5, 0.6) is 0 Å². The van der Waals surface area contributed by atoms with Gasteiger partial charge in [-0.1, -0.05) is 188 Å². The lowest BCUT2D eigenvalue weighted by Gasteiger charge is -2.18. The molecule has 0 atom stereocenters. The summed E-state index contributed by atoms with van der Waals surface area (Å²) in [4.78, 5) is 0. The predicted molar refractivity (Wildman–Crippen MR) is 260 cm³/mol. The molecule has 0 bridgehead atoms. The van der Waals surface area contributed by atoms with Crippen LogP contribution in [0.25, 0.3) is 131 Å². The van der Waals surface area contributed by atoms with Gasteiger partial charge in [0.2, 0.25) is 0 Å². The van der Waals surface area contributed by atoms with Crippen molar-refractivity contribution in [3.05, 3.63) is 218 Å². The van der Waals surface area contributed by atoms with Gasteiger partial charge in [0.15, 0.2) is 0 Å². The largest absolute Gasteiger partial charge is 0.456 e. The Hall–Kier alpha value is -8.00. The fourth-order valence-corrected chi connectivity index (χ4v) is 10.4. The molecule has 12 aromatic carbocycles. The summed E-state index contributed by atoms with van der Waals surface area (Å²) < 4.78 is 6.89. The lowest BCUT2D eigenvalue weighted by molar-refractivity contribution is 0.669. The molecule has 1 aromatic heterocycles. The predicted octanol–water partition coefficient (Wildman–Crippen LogP) is 17.2. The van der Waals surface area contributed by atoms with Gasteiger partial charge in [-0.25, -0.2) is 0 Å². The number of rotatable bonds is 4. The highest BCUT2D eigenvalue weighted by molar-refractivity contribution is 6.27. The molecule has 13 aromatic rings. The Morgan fingerprint density at radius 3 is 1.07 bits per heavy atom. The van der Waals surface area contributed by atoms with E-state index in [1.165, 1.54) is 104 Å². The summed E-state index contributed by atoms with van der Waals surface area (Å²) in [7, 11) is 0. The highest BCUT2D eigenvalue weighted by Crippen LogP contribution is 2.49. The molecular weight excluding hydrogens is 737 g/mol. The fraction of sp³-hybridized carbons (Fsp3) is 0. The van der Waals surface area contributed by atoms with E-state index >= 15 is 0 Å². The first-order valence-corrected chi connectivity index (χ1v) is 21.1. The van der Waals surface area contributed by atoms with Crippen LogP contribution >= 0.6 is 0 Å². The maximum Gasteiger partial charge on any atom is 0.136 e. The van der Waals surface area contributed by atoms with Crippen molar-refractivity contribution >= 4 is 86.6 Å². The molecule has 0 N–H and O–H groups in total. The number of hydrogen-bond acceptors (Lipinski definition) is 1. The highest BCUT2D eigenvalue weighted by Gasteiger charge is 2.22. The molecule has 0 fully saturated rings. The molecule has 0 aliphatic rings. The van der Waals surface area contributed by atoms with Crippen LogP contribution in [0.4, 0.5) is 0 Å². The van der Waals surface area contributed by atoms with E-state index in [1.807, 2.05) is 0 Å². The topological polar surface area (TPSA) is 13.1 Å². The van der Waals surface area contributed by atoms with E-state index in [-0.39, 0.29) is 0 Å². The van der Waals surface area contributed by atoms with Crippen molar-refractivity contribution in [3.8, 4) is 44.5 Å². The molecule has 1 heterocycles. The van der Waals surface area contributed by atoms with Crippen LogP contribution in [0.2, 0.25) is 0 Å². The second-order valence-corrected chi connectivity index (χ2v) is 16.3. The maximum atomic E-state index is 6.89. The van der Waals surface area contributed by atoms with Crippen LogP contribution in [0.3, 0.4) is 0 Å². The minimum Gasteiger partial charge on any atom is -0.456 e. The van der Waals surface area contributed by atoms with Crippen LogP contribution < -0.4 is 0 Å². The van der Waals surface area contributed by atoms with Gasteiger partial charge in [-0.05, 0) is 139 Å². The number of fused-ring (bicyclic) bond motifs is 9. The van der Waals surface area contributed by atoms with Crippen molar-refractivity contribution in [3.63, 3.8) is 0 Å². The summed E-state index contributed by atoms with van der Waals surface area (Å²) >= 11 is 0. The first-order chi connectivity index (χ1) is 30.3.